The van der Waals surface area contributed by atoms with Crippen molar-refractivity contribution in [1.29, 1.82) is 0 Å². The van der Waals surface area contributed by atoms with Crippen molar-refractivity contribution in [2.75, 3.05) is 23.7 Å². The summed E-state index contributed by atoms with van der Waals surface area (Å²) in [4.78, 5) is 26.0. The lowest BCUT2D eigenvalue weighted by atomic mass is 9.89. The second-order valence-corrected chi connectivity index (χ2v) is 10.2. The largest absolute Gasteiger partial charge is 0.384 e. The zero-order valence-corrected chi connectivity index (χ0v) is 20.8. The number of carbonyl (C=O) groups excluding carboxylic acids is 2. The molecule has 2 amide bonds. The molecule has 6 heteroatoms. The standard InChI is InChI=1S/C30H36N4O2/c1-3-5-7-19-9-11-23-21(17-31-25(23)13-19)15-27-29(35)34-28(30(36)33-27)16-22-18-32-26-14-20(8-6-4-2)10-12-24(22)26/h3-4,9-14,21-22,27-28,31-32H,1-2,5-8,15-18H2,(H,33,36)(H,34,35). The molecule has 2 aromatic rings. The molecule has 4 N–H and O–H groups in total. The van der Waals surface area contributed by atoms with Crippen LogP contribution in [0.1, 0.15) is 59.8 Å². The number of benzene rings is 2. The van der Waals surface area contributed by atoms with Crippen molar-refractivity contribution >= 4 is 23.2 Å². The quantitative estimate of drug-likeness (QED) is 0.377. The molecule has 0 saturated carbocycles. The molecule has 3 heterocycles. The Kier molecular flexibility index (Phi) is 7.12. The topological polar surface area (TPSA) is 82.3 Å². The van der Waals surface area contributed by atoms with Crippen LogP contribution in [0.5, 0.6) is 0 Å². The number of allylic oxidation sites excluding steroid dienone is 2. The van der Waals surface area contributed by atoms with Gasteiger partial charge in [-0.3, -0.25) is 9.59 Å². The Balaban J connectivity index is 1.18. The zero-order valence-electron chi connectivity index (χ0n) is 20.8. The second-order valence-electron chi connectivity index (χ2n) is 10.2. The van der Waals surface area contributed by atoms with E-state index in [0.717, 1.165) is 50.1 Å². The number of aryl methyl sites for hydroxylation is 2. The molecule has 188 valence electrons. The molecule has 1 fully saturated rings. The molecule has 4 atom stereocenters. The first-order valence-corrected chi connectivity index (χ1v) is 13.1. The average Bonchev–Trinajstić information content (AvgIpc) is 3.47. The van der Waals surface area contributed by atoms with Gasteiger partial charge in [0.15, 0.2) is 0 Å². The van der Waals surface area contributed by atoms with Gasteiger partial charge in [0, 0.05) is 36.3 Å². The summed E-state index contributed by atoms with van der Waals surface area (Å²) in [6, 6.07) is 12.0. The van der Waals surface area contributed by atoms with Crippen molar-refractivity contribution in [1.82, 2.24) is 10.6 Å². The maximum absolute atomic E-state index is 13.0. The molecule has 3 aliphatic rings. The number of hydrogen-bond acceptors (Lipinski definition) is 4. The summed E-state index contributed by atoms with van der Waals surface area (Å²) in [7, 11) is 0. The van der Waals surface area contributed by atoms with E-state index >= 15 is 0 Å². The van der Waals surface area contributed by atoms with Crippen LogP contribution in [0.25, 0.3) is 0 Å². The van der Waals surface area contributed by atoms with Crippen molar-refractivity contribution in [3.8, 4) is 0 Å². The van der Waals surface area contributed by atoms with E-state index in [2.05, 4.69) is 70.8 Å². The summed E-state index contributed by atoms with van der Waals surface area (Å²) in [5.41, 5.74) is 7.29. The SMILES string of the molecule is C=CCCc1ccc2c(c1)NCC2CC1NC(=O)C(CC2CNc3cc(CCC=C)ccc32)NC1=O. The number of rotatable bonds is 10. The van der Waals surface area contributed by atoms with Gasteiger partial charge in [-0.25, -0.2) is 0 Å². The molecule has 4 unspecified atom stereocenters. The molecule has 0 bridgehead atoms. The predicted molar refractivity (Wildman–Crippen MR) is 145 cm³/mol. The van der Waals surface area contributed by atoms with E-state index in [9.17, 15) is 9.59 Å². The fraction of sp³-hybridized carbons (Fsp3) is 0.400. The zero-order chi connectivity index (χ0) is 25.1. The van der Waals surface area contributed by atoms with Crippen LogP contribution in [0.2, 0.25) is 0 Å². The van der Waals surface area contributed by atoms with Gasteiger partial charge in [-0.2, -0.15) is 0 Å². The van der Waals surface area contributed by atoms with Crippen LogP contribution in [0.3, 0.4) is 0 Å². The third-order valence-electron chi connectivity index (χ3n) is 7.77. The van der Waals surface area contributed by atoms with Gasteiger partial charge in [0.25, 0.3) is 0 Å². The smallest absolute Gasteiger partial charge is 0.243 e. The van der Waals surface area contributed by atoms with Crippen LogP contribution in [0, 0.1) is 0 Å². The lowest BCUT2D eigenvalue weighted by Gasteiger charge is -2.32. The van der Waals surface area contributed by atoms with Crippen LogP contribution in [-0.2, 0) is 22.4 Å². The van der Waals surface area contributed by atoms with Crippen LogP contribution in [-0.4, -0.2) is 37.0 Å². The van der Waals surface area contributed by atoms with E-state index in [0.29, 0.717) is 12.8 Å². The minimum Gasteiger partial charge on any atom is -0.384 e. The van der Waals surface area contributed by atoms with Gasteiger partial charge in [-0.15, -0.1) is 13.2 Å². The highest BCUT2D eigenvalue weighted by atomic mass is 16.2. The van der Waals surface area contributed by atoms with Gasteiger partial charge in [0.2, 0.25) is 11.8 Å². The van der Waals surface area contributed by atoms with Crippen molar-refractivity contribution in [3.63, 3.8) is 0 Å². The Labute approximate surface area is 213 Å². The Hall–Kier alpha value is -3.54. The maximum Gasteiger partial charge on any atom is 0.243 e. The van der Waals surface area contributed by atoms with E-state index in [1.165, 1.54) is 22.3 Å². The number of carbonyl (C=O) groups is 2. The average molecular weight is 485 g/mol. The summed E-state index contributed by atoms with van der Waals surface area (Å²) in [5, 5.41) is 13.0. The van der Waals surface area contributed by atoms with Gasteiger partial charge < -0.3 is 21.3 Å². The number of hydrogen-bond donors (Lipinski definition) is 4. The summed E-state index contributed by atoms with van der Waals surface area (Å²) in [6.07, 6.45) is 8.92. The first-order chi connectivity index (χ1) is 17.6. The van der Waals surface area contributed by atoms with Gasteiger partial charge in [-0.05, 0) is 72.9 Å². The van der Waals surface area contributed by atoms with Crippen LogP contribution in [0.4, 0.5) is 11.4 Å². The lowest BCUT2D eigenvalue weighted by Crippen LogP contribution is -2.62. The maximum atomic E-state index is 13.0. The monoisotopic (exact) mass is 484 g/mol. The lowest BCUT2D eigenvalue weighted by molar-refractivity contribution is -0.137. The number of fused-ring (bicyclic) bond motifs is 2. The fourth-order valence-electron chi connectivity index (χ4n) is 5.76. The molecule has 36 heavy (non-hydrogen) atoms. The number of piperazine rings is 1. The minimum absolute atomic E-state index is 0.0818. The molecule has 0 radical (unpaired) electrons. The predicted octanol–water partition coefficient (Wildman–Crippen LogP) is 4.41. The summed E-state index contributed by atoms with van der Waals surface area (Å²) < 4.78 is 0. The Morgan fingerprint density at radius 3 is 1.58 bits per heavy atom. The highest BCUT2D eigenvalue weighted by molar-refractivity contribution is 5.97. The van der Waals surface area contributed by atoms with Crippen molar-refractivity contribution in [2.24, 2.45) is 0 Å². The summed E-state index contributed by atoms with van der Waals surface area (Å²) in [6.45, 7) is 9.16. The van der Waals surface area contributed by atoms with E-state index in [1.54, 1.807) is 0 Å². The Bertz CT molecular complexity index is 1080. The molecule has 1 saturated heterocycles. The van der Waals surface area contributed by atoms with Gasteiger partial charge in [-0.1, -0.05) is 36.4 Å². The van der Waals surface area contributed by atoms with E-state index in [4.69, 9.17) is 0 Å². The first-order valence-electron chi connectivity index (χ1n) is 13.1. The van der Waals surface area contributed by atoms with Crippen molar-refractivity contribution in [2.45, 2.75) is 62.4 Å². The summed E-state index contributed by atoms with van der Waals surface area (Å²) >= 11 is 0. The molecule has 3 aliphatic heterocycles. The van der Waals surface area contributed by atoms with Crippen LogP contribution < -0.4 is 21.3 Å². The van der Waals surface area contributed by atoms with Gasteiger partial charge >= 0.3 is 0 Å². The number of nitrogens with one attached hydrogen (secondary N) is 4. The molecule has 2 aromatic carbocycles. The van der Waals surface area contributed by atoms with Crippen LogP contribution in [0.15, 0.2) is 61.7 Å². The van der Waals surface area contributed by atoms with Crippen molar-refractivity contribution in [3.05, 3.63) is 84.0 Å². The molecule has 0 spiro atoms. The number of anilines is 2. The summed E-state index contributed by atoms with van der Waals surface area (Å²) in [5.74, 6) is 0.229. The van der Waals surface area contributed by atoms with E-state index < -0.39 is 12.1 Å². The van der Waals surface area contributed by atoms with Crippen LogP contribution >= 0.6 is 0 Å². The Morgan fingerprint density at radius 2 is 1.17 bits per heavy atom. The number of amides is 2. The first kappa shape index (κ1) is 24.2. The molecule has 6 nitrogen and oxygen atoms in total. The normalized spacial score (nSPS) is 24.1. The second kappa shape index (κ2) is 10.6. The third-order valence-corrected chi connectivity index (χ3v) is 7.77. The molecule has 0 aliphatic carbocycles. The third kappa shape index (κ3) is 5.03. The van der Waals surface area contributed by atoms with E-state index in [1.807, 2.05) is 12.2 Å². The highest BCUT2D eigenvalue weighted by Gasteiger charge is 2.38. The fourth-order valence-corrected chi connectivity index (χ4v) is 5.76. The Morgan fingerprint density at radius 1 is 0.722 bits per heavy atom. The molecule has 5 rings (SSSR count). The van der Waals surface area contributed by atoms with Gasteiger partial charge in [0.05, 0.1) is 0 Å². The van der Waals surface area contributed by atoms with Gasteiger partial charge in [0.1, 0.15) is 12.1 Å². The minimum atomic E-state index is -0.506. The molecular weight excluding hydrogens is 448 g/mol. The molecule has 0 aromatic heterocycles. The molecular formula is C30H36N4O2. The highest BCUT2D eigenvalue weighted by Crippen LogP contribution is 2.37. The van der Waals surface area contributed by atoms with E-state index in [-0.39, 0.29) is 23.7 Å². The van der Waals surface area contributed by atoms with Crippen molar-refractivity contribution < 1.29 is 9.59 Å².